The third-order valence-corrected chi connectivity index (χ3v) is 4.22. The van der Waals surface area contributed by atoms with E-state index in [0.29, 0.717) is 30.6 Å². The number of hydrogen-bond donors (Lipinski definition) is 2. The average molecular weight is 350 g/mol. The summed E-state index contributed by atoms with van der Waals surface area (Å²) in [7, 11) is 0. The molecule has 0 bridgehead atoms. The van der Waals surface area contributed by atoms with Gasteiger partial charge in [0.15, 0.2) is 0 Å². The zero-order valence-corrected chi connectivity index (χ0v) is 14.2. The summed E-state index contributed by atoms with van der Waals surface area (Å²) >= 11 is 0. The van der Waals surface area contributed by atoms with Gasteiger partial charge in [-0.25, -0.2) is 4.79 Å². The number of ether oxygens (including phenoxy) is 1. The lowest BCUT2D eigenvalue weighted by Gasteiger charge is -2.33. The van der Waals surface area contributed by atoms with E-state index in [2.05, 4.69) is 20.8 Å². The molecule has 0 atom stereocenters. The molecule has 7 nitrogen and oxygen atoms in total. The van der Waals surface area contributed by atoms with Crippen LogP contribution >= 0.6 is 0 Å². The summed E-state index contributed by atoms with van der Waals surface area (Å²) in [5.41, 5.74) is 2.03. The van der Waals surface area contributed by atoms with Crippen LogP contribution in [0.5, 0.6) is 0 Å². The lowest BCUT2D eigenvalue weighted by molar-refractivity contribution is -0.0644. The van der Waals surface area contributed by atoms with E-state index in [0.717, 1.165) is 11.3 Å². The Morgan fingerprint density at radius 2 is 1.65 bits per heavy atom. The normalized spacial score (nSPS) is 15.1. The molecule has 1 fully saturated rings. The van der Waals surface area contributed by atoms with E-state index in [1.54, 1.807) is 12.1 Å². The van der Waals surface area contributed by atoms with Crippen LogP contribution in [0, 0.1) is 0 Å². The van der Waals surface area contributed by atoms with Gasteiger partial charge in [-0.15, -0.1) is 0 Å². The van der Waals surface area contributed by atoms with Crippen molar-refractivity contribution in [3.8, 4) is 11.4 Å². The van der Waals surface area contributed by atoms with E-state index >= 15 is 0 Å². The molecule has 2 heterocycles. The highest BCUT2D eigenvalue weighted by Gasteiger charge is 2.40. The van der Waals surface area contributed by atoms with Crippen molar-refractivity contribution in [1.82, 2.24) is 10.1 Å². The Kier molecular flexibility index (Phi) is 4.14. The van der Waals surface area contributed by atoms with Gasteiger partial charge in [-0.1, -0.05) is 23.4 Å². The smallest absolute Gasteiger partial charge is 0.323 e. The van der Waals surface area contributed by atoms with E-state index in [9.17, 15) is 4.79 Å². The van der Waals surface area contributed by atoms with Crippen molar-refractivity contribution in [2.45, 2.75) is 12.3 Å². The van der Waals surface area contributed by atoms with Gasteiger partial charge in [0.25, 0.3) is 0 Å². The van der Waals surface area contributed by atoms with Crippen LogP contribution in [0.3, 0.4) is 0 Å². The number of carbonyl (C=O) groups is 1. The van der Waals surface area contributed by atoms with Crippen LogP contribution in [0.15, 0.2) is 59.1 Å². The second-order valence-corrected chi connectivity index (χ2v) is 6.50. The molecule has 2 aromatic carbocycles. The number of urea groups is 1. The summed E-state index contributed by atoms with van der Waals surface area (Å²) in [4.78, 5) is 16.5. The number of nitrogens with zero attached hydrogens (tertiary/aromatic N) is 2. The van der Waals surface area contributed by atoms with Gasteiger partial charge in [0, 0.05) is 16.9 Å². The average Bonchev–Trinajstić information content (AvgIpc) is 3.11. The predicted octanol–water partition coefficient (Wildman–Crippen LogP) is 3.67. The number of carbonyl (C=O) groups excluding carboxylic acids is 1. The van der Waals surface area contributed by atoms with Gasteiger partial charge in [0.2, 0.25) is 11.7 Å². The van der Waals surface area contributed by atoms with Crippen LogP contribution in [-0.4, -0.2) is 29.4 Å². The Labute approximate surface area is 150 Å². The summed E-state index contributed by atoms with van der Waals surface area (Å²) < 4.78 is 10.6. The molecule has 0 saturated carbocycles. The minimum absolute atomic E-state index is 0.192. The molecule has 3 aromatic rings. The minimum Gasteiger partial charge on any atom is -0.379 e. The van der Waals surface area contributed by atoms with E-state index < -0.39 is 0 Å². The van der Waals surface area contributed by atoms with Crippen molar-refractivity contribution in [2.75, 3.05) is 23.8 Å². The highest BCUT2D eigenvalue weighted by molar-refractivity contribution is 5.99. The quantitative estimate of drug-likeness (QED) is 0.749. The highest BCUT2D eigenvalue weighted by atomic mass is 16.5. The molecule has 1 aromatic heterocycles. The summed E-state index contributed by atoms with van der Waals surface area (Å²) in [6, 6.07) is 16.2. The maximum atomic E-state index is 12.0. The fourth-order valence-corrected chi connectivity index (χ4v) is 2.64. The monoisotopic (exact) mass is 350 g/mol. The maximum absolute atomic E-state index is 12.0. The van der Waals surface area contributed by atoms with Gasteiger partial charge in [0.1, 0.15) is 0 Å². The van der Waals surface area contributed by atoms with Crippen LogP contribution in [0.4, 0.5) is 16.2 Å². The number of para-hydroxylation sites is 1. The van der Waals surface area contributed by atoms with Crippen LogP contribution < -0.4 is 10.6 Å². The van der Waals surface area contributed by atoms with Crippen molar-refractivity contribution in [2.24, 2.45) is 0 Å². The summed E-state index contributed by atoms with van der Waals surface area (Å²) in [5, 5.41) is 9.59. The molecule has 0 aliphatic carbocycles. The molecule has 0 spiro atoms. The number of amides is 2. The first-order valence-electron chi connectivity index (χ1n) is 8.28. The van der Waals surface area contributed by atoms with E-state index in [4.69, 9.17) is 9.26 Å². The van der Waals surface area contributed by atoms with Crippen LogP contribution in [0.25, 0.3) is 11.4 Å². The molecule has 26 heavy (non-hydrogen) atoms. The molecule has 0 radical (unpaired) electrons. The van der Waals surface area contributed by atoms with Gasteiger partial charge in [-0.3, -0.25) is 0 Å². The van der Waals surface area contributed by atoms with Crippen LogP contribution in [-0.2, 0) is 10.2 Å². The molecule has 1 aliphatic rings. The molecule has 2 amide bonds. The van der Waals surface area contributed by atoms with Crippen molar-refractivity contribution in [3.63, 3.8) is 0 Å². The lowest BCUT2D eigenvalue weighted by Crippen LogP contribution is -2.44. The number of anilines is 2. The SMILES string of the molecule is CC1(c2nc(-c3ccc(NC(=O)Nc4ccccc4)cc3)no2)COC1. The molecular weight excluding hydrogens is 332 g/mol. The number of aromatic nitrogens is 2. The first kappa shape index (κ1) is 16.3. The van der Waals surface area contributed by atoms with E-state index in [1.807, 2.05) is 49.4 Å². The Hall–Kier alpha value is -3.19. The van der Waals surface area contributed by atoms with Crippen molar-refractivity contribution < 1.29 is 14.1 Å². The Bertz CT molecular complexity index is 902. The Morgan fingerprint density at radius 1 is 1.00 bits per heavy atom. The molecule has 0 unspecified atom stereocenters. The standard InChI is InChI=1S/C19H18N4O3/c1-19(11-25-12-19)17-22-16(23-26-17)13-7-9-15(10-8-13)21-18(24)20-14-5-3-2-4-6-14/h2-10H,11-12H2,1H3,(H2,20,21,24). The molecule has 7 heteroatoms. The summed E-state index contributed by atoms with van der Waals surface area (Å²) in [6.45, 7) is 3.22. The van der Waals surface area contributed by atoms with Crippen LogP contribution in [0.2, 0.25) is 0 Å². The fourth-order valence-electron chi connectivity index (χ4n) is 2.64. The number of nitrogens with one attached hydrogen (secondary N) is 2. The summed E-state index contributed by atoms with van der Waals surface area (Å²) in [6.07, 6.45) is 0. The number of benzene rings is 2. The first-order valence-corrected chi connectivity index (χ1v) is 8.28. The zero-order chi connectivity index (χ0) is 18.0. The highest BCUT2D eigenvalue weighted by Crippen LogP contribution is 2.31. The second-order valence-electron chi connectivity index (χ2n) is 6.50. The third-order valence-electron chi connectivity index (χ3n) is 4.22. The van der Waals surface area contributed by atoms with Crippen molar-refractivity contribution in [1.29, 1.82) is 0 Å². The molecular formula is C19H18N4O3. The van der Waals surface area contributed by atoms with Gasteiger partial charge in [-0.2, -0.15) is 4.98 Å². The molecule has 2 N–H and O–H groups in total. The Morgan fingerprint density at radius 3 is 2.27 bits per heavy atom. The lowest BCUT2D eigenvalue weighted by atomic mass is 9.89. The van der Waals surface area contributed by atoms with Gasteiger partial charge < -0.3 is 19.9 Å². The van der Waals surface area contributed by atoms with Gasteiger partial charge in [-0.05, 0) is 43.3 Å². The zero-order valence-electron chi connectivity index (χ0n) is 14.2. The number of hydrogen-bond acceptors (Lipinski definition) is 5. The van der Waals surface area contributed by atoms with Gasteiger partial charge in [0.05, 0.1) is 18.6 Å². The first-order chi connectivity index (χ1) is 12.6. The minimum atomic E-state index is -0.302. The van der Waals surface area contributed by atoms with Gasteiger partial charge >= 0.3 is 6.03 Å². The van der Waals surface area contributed by atoms with Crippen molar-refractivity contribution in [3.05, 3.63) is 60.5 Å². The topological polar surface area (TPSA) is 89.3 Å². The molecule has 1 saturated heterocycles. The molecule has 132 valence electrons. The van der Waals surface area contributed by atoms with E-state index in [1.165, 1.54) is 0 Å². The number of rotatable bonds is 4. The third kappa shape index (κ3) is 3.29. The molecule has 4 rings (SSSR count). The Balaban J connectivity index is 1.41. The molecule has 1 aliphatic heterocycles. The largest absolute Gasteiger partial charge is 0.379 e. The fraction of sp³-hybridized carbons (Fsp3) is 0.211. The predicted molar refractivity (Wildman–Crippen MR) is 97.0 cm³/mol. The summed E-state index contributed by atoms with van der Waals surface area (Å²) in [5.74, 6) is 1.11. The second kappa shape index (κ2) is 6.61. The van der Waals surface area contributed by atoms with E-state index in [-0.39, 0.29) is 11.4 Å². The van der Waals surface area contributed by atoms with Crippen molar-refractivity contribution >= 4 is 17.4 Å². The van der Waals surface area contributed by atoms with Crippen LogP contribution in [0.1, 0.15) is 12.8 Å². The maximum Gasteiger partial charge on any atom is 0.323 e.